The first-order chi connectivity index (χ1) is 16.3. The SMILES string of the molecule is CC(CO)(CO)C(=O)Cc1nnc(CCCCc2nnc(NC(=O)Cc3cccc(F)c3)s2)s1. The van der Waals surface area contributed by atoms with Crippen molar-refractivity contribution in [3.8, 4) is 0 Å². The van der Waals surface area contributed by atoms with Crippen LogP contribution in [0.1, 0.15) is 40.4 Å². The maximum atomic E-state index is 13.2. The lowest BCUT2D eigenvalue weighted by atomic mass is 9.86. The summed E-state index contributed by atoms with van der Waals surface area (Å²) in [6.07, 6.45) is 3.18. The molecule has 0 radical (unpaired) electrons. The molecule has 3 rings (SSSR count). The van der Waals surface area contributed by atoms with Gasteiger partial charge >= 0.3 is 0 Å². The van der Waals surface area contributed by atoms with Gasteiger partial charge in [-0.1, -0.05) is 23.5 Å². The van der Waals surface area contributed by atoms with E-state index in [0.717, 1.165) is 22.9 Å². The lowest BCUT2D eigenvalue weighted by molar-refractivity contribution is -0.131. The molecule has 2 heterocycles. The fraction of sp³-hybridized carbons (Fsp3) is 0.455. The van der Waals surface area contributed by atoms with Crippen molar-refractivity contribution in [3.05, 3.63) is 50.7 Å². The van der Waals surface area contributed by atoms with Crippen LogP contribution in [0.15, 0.2) is 24.3 Å². The molecule has 12 heteroatoms. The van der Waals surface area contributed by atoms with Crippen molar-refractivity contribution in [2.24, 2.45) is 5.41 Å². The molecule has 3 N–H and O–H groups in total. The predicted molar refractivity (Wildman–Crippen MR) is 126 cm³/mol. The molecule has 3 aromatic rings. The van der Waals surface area contributed by atoms with E-state index in [1.807, 2.05) is 0 Å². The molecule has 1 amide bonds. The van der Waals surface area contributed by atoms with Gasteiger partial charge in [0.2, 0.25) is 11.0 Å². The van der Waals surface area contributed by atoms with Crippen LogP contribution >= 0.6 is 22.7 Å². The smallest absolute Gasteiger partial charge is 0.230 e. The predicted octanol–water partition coefficient (Wildman–Crippen LogP) is 2.38. The number of aliphatic hydroxyl groups is 2. The minimum Gasteiger partial charge on any atom is -0.395 e. The van der Waals surface area contributed by atoms with Crippen LogP contribution in [0.4, 0.5) is 9.52 Å². The second-order valence-electron chi connectivity index (χ2n) is 8.13. The number of hydrogen-bond acceptors (Lipinski definition) is 10. The molecular weight excluding hydrogens is 481 g/mol. The van der Waals surface area contributed by atoms with E-state index >= 15 is 0 Å². The standard InChI is InChI=1S/C22H26FN5O4S2/c1-22(12-29,13-30)16(31)11-20-27-25-18(33-20)7-2-3-8-19-26-28-21(34-19)24-17(32)10-14-5-4-6-15(23)9-14/h4-6,9,29-30H,2-3,7-8,10-13H2,1H3,(H,24,28,32). The van der Waals surface area contributed by atoms with E-state index in [-0.39, 0.29) is 30.3 Å². The minimum atomic E-state index is -1.18. The number of Topliss-reactive ketones (excluding diaryl/α,β-unsaturated/α-hetero) is 1. The Morgan fingerprint density at radius 1 is 0.971 bits per heavy atom. The molecule has 0 fully saturated rings. The second-order valence-corrected chi connectivity index (χ2v) is 10.3. The third-order valence-corrected chi connectivity index (χ3v) is 7.07. The Bertz CT molecular complexity index is 1120. The molecule has 0 spiro atoms. The van der Waals surface area contributed by atoms with E-state index in [1.54, 1.807) is 12.1 Å². The van der Waals surface area contributed by atoms with Crippen LogP contribution in [0.5, 0.6) is 0 Å². The van der Waals surface area contributed by atoms with E-state index in [4.69, 9.17) is 0 Å². The number of rotatable bonds is 13. The van der Waals surface area contributed by atoms with Gasteiger partial charge in [-0.2, -0.15) is 0 Å². The summed E-state index contributed by atoms with van der Waals surface area (Å²) in [7, 11) is 0. The highest BCUT2D eigenvalue weighted by Gasteiger charge is 2.32. The van der Waals surface area contributed by atoms with Crippen LogP contribution in [0.3, 0.4) is 0 Å². The Balaban J connectivity index is 1.39. The summed E-state index contributed by atoms with van der Waals surface area (Å²) in [6, 6.07) is 5.91. The van der Waals surface area contributed by atoms with Gasteiger partial charge in [0.15, 0.2) is 0 Å². The van der Waals surface area contributed by atoms with E-state index < -0.39 is 18.6 Å². The number of benzene rings is 1. The average molecular weight is 508 g/mol. The molecule has 0 bridgehead atoms. The molecule has 0 aliphatic rings. The Labute approximate surface area is 204 Å². The summed E-state index contributed by atoms with van der Waals surface area (Å²) in [5, 5.41) is 40.2. The number of halogens is 1. The molecule has 1 aromatic carbocycles. The quantitative estimate of drug-likeness (QED) is 0.300. The zero-order valence-corrected chi connectivity index (χ0v) is 20.3. The topological polar surface area (TPSA) is 138 Å². The maximum absolute atomic E-state index is 13.2. The number of ketones is 1. The number of nitrogens with zero attached hydrogens (tertiary/aromatic N) is 4. The highest BCUT2D eigenvalue weighted by atomic mass is 32.1. The molecule has 9 nitrogen and oxygen atoms in total. The van der Waals surface area contributed by atoms with E-state index in [1.165, 1.54) is 41.7 Å². The largest absolute Gasteiger partial charge is 0.395 e. The summed E-state index contributed by atoms with van der Waals surface area (Å²) in [5.74, 6) is -0.930. The number of aliphatic hydroxyl groups excluding tert-OH is 2. The van der Waals surface area contributed by atoms with Crippen LogP contribution in [0.2, 0.25) is 0 Å². The van der Waals surface area contributed by atoms with Gasteiger partial charge in [0.1, 0.15) is 26.6 Å². The summed E-state index contributed by atoms with van der Waals surface area (Å²) in [4.78, 5) is 24.4. The normalized spacial score (nSPS) is 11.5. The van der Waals surface area contributed by atoms with Crippen molar-refractivity contribution in [1.82, 2.24) is 20.4 Å². The van der Waals surface area contributed by atoms with Gasteiger partial charge in [0.05, 0.1) is 31.5 Å². The van der Waals surface area contributed by atoms with Crippen LogP contribution in [-0.2, 0) is 35.3 Å². The molecule has 0 saturated heterocycles. The fourth-order valence-corrected chi connectivity index (χ4v) is 4.67. The lowest BCUT2D eigenvalue weighted by Crippen LogP contribution is -2.36. The maximum Gasteiger partial charge on any atom is 0.230 e. The minimum absolute atomic E-state index is 0.0355. The zero-order valence-electron chi connectivity index (χ0n) is 18.7. The third-order valence-electron chi connectivity index (χ3n) is 5.19. The summed E-state index contributed by atoms with van der Waals surface area (Å²) in [6.45, 7) is 0.683. The Hall–Kier alpha value is -2.67. The number of unbranched alkanes of at least 4 members (excludes halogenated alkanes) is 1. The van der Waals surface area contributed by atoms with Crippen LogP contribution < -0.4 is 5.32 Å². The Morgan fingerprint density at radius 3 is 2.29 bits per heavy atom. The Morgan fingerprint density at radius 2 is 1.62 bits per heavy atom. The number of amides is 1. The van der Waals surface area contributed by atoms with Gasteiger partial charge in [-0.05, 0) is 37.5 Å². The lowest BCUT2D eigenvalue weighted by Gasteiger charge is -2.21. The summed E-state index contributed by atoms with van der Waals surface area (Å²) >= 11 is 2.66. The molecular formula is C22H26FN5O4S2. The highest BCUT2D eigenvalue weighted by molar-refractivity contribution is 7.15. The first kappa shape index (κ1) is 25.9. The zero-order chi connectivity index (χ0) is 24.6. The first-order valence-corrected chi connectivity index (χ1v) is 12.4. The summed E-state index contributed by atoms with van der Waals surface area (Å²) < 4.78 is 13.2. The van der Waals surface area contributed by atoms with Crippen molar-refractivity contribution >= 4 is 39.5 Å². The van der Waals surface area contributed by atoms with E-state index in [0.29, 0.717) is 28.5 Å². The van der Waals surface area contributed by atoms with Crippen LogP contribution in [0, 0.1) is 11.2 Å². The molecule has 0 aliphatic carbocycles. The highest BCUT2D eigenvalue weighted by Crippen LogP contribution is 2.22. The number of anilines is 1. The van der Waals surface area contributed by atoms with Crippen molar-refractivity contribution in [2.45, 2.75) is 45.4 Å². The molecule has 0 aliphatic heterocycles. The van der Waals surface area contributed by atoms with Gasteiger partial charge in [-0.3, -0.25) is 9.59 Å². The third kappa shape index (κ3) is 7.42. The molecule has 34 heavy (non-hydrogen) atoms. The number of carbonyl (C=O) groups is 2. The molecule has 0 saturated carbocycles. The number of carbonyl (C=O) groups excluding carboxylic acids is 2. The molecule has 2 aromatic heterocycles. The second kappa shape index (κ2) is 12.2. The number of aromatic nitrogens is 4. The Kier molecular flexibility index (Phi) is 9.28. The monoisotopic (exact) mass is 507 g/mol. The van der Waals surface area contributed by atoms with E-state index in [2.05, 4.69) is 25.7 Å². The number of nitrogens with one attached hydrogen (secondary N) is 1. The summed E-state index contributed by atoms with van der Waals surface area (Å²) in [5.41, 5.74) is -0.590. The van der Waals surface area contributed by atoms with Crippen molar-refractivity contribution in [3.63, 3.8) is 0 Å². The van der Waals surface area contributed by atoms with Crippen LogP contribution in [0.25, 0.3) is 0 Å². The van der Waals surface area contributed by atoms with Gasteiger partial charge in [-0.25, -0.2) is 4.39 Å². The van der Waals surface area contributed by atoms with Crippen molar-refractivity contribution < 1.29 is 24.2 Å². The van der Waals surface area contributed by atoms with Gasteiger partial charge in [0, 0.05) is 12.8 Å². The van der Waals surface area contributed by atoms with Gasteiger partial charge < -0.3 is 15.5 Å². The van der Waals surface area contributed by atoms with Crippen molar-refractivity contribution in [1.29, 1.82) is 0 Å². The molecule has 0 atom stereocenters. The molecule has 0 unspecified atom stereocenters. The van der Waals surface area contributed by atoms with E-state index in [9.17, 15) is 24.2 Å². The van der Waals surface area contributed by atoms with Gasteiger partial charge in [0.25, 0.3) is 0 Å². The number of aryl methyl sites for hydroxylation is 2. The van der Waals surface area contributed by atoms with Crippen molar-refractivity contribution in [2.75, 3.05) is 18.5 Å². The van der Waals surface area contributed by atoms with Crippen LogP contribution in [-0.4, -0.2) is 55.5 Å². The first-order valence-electron chi connectivity index (χ1n) is 10.7. The average Bonchev–Trinajstić information content (AvgIpc) is 3.45. The molecule has 182 valence electrons. The van der Waals surface area contributed by atoms with Gasteiger partial charge in [-0.15, -0.1) is 31.7 Å². The fourth-order valence-electron chi connectivity index (χ4n) is 2.99. The number of hydrogen-bond donors (Lipinski definition) is 3.